The summed E-state index contributed by atoms with van der Waals surface area (Å²) < 4.78 is 0. The van der Waals surface area contributed by atoms with Crippen LogP contribution in [0.25, 0.3) is 0 Å². The van der Waals surface area contributed by atoms with Gasteiger partial charge in [0.25, 0.3) is 0 Å². The monoisotopic (exact) mass is 298 g/mol. The Morgan fingerprint density at radius 2 is 2.19 bits per heavy atom. The molecular weight excluding hydrogens is 284 g/mol. The van der Waals surface area contributed by atoms with Crippen LogP contribution >= 0.6 is 11.8 Å². The molecule has 0 aliphatic heterocycles. The molecule has 21 heavy (non-hydrogen) atoms. The second-order valence-electron chi connectivity index (χ2n) is 4.42. The van der Waals surface area contributed by atoms with E-state index in [-0.39, 0.29) is 5.91 Å². The molecule has 5 nitrogen and oxygen atoms in total. The third-order valence-corrected chi connectivity index (χ3v) is 3.43. The zero-order valence-corrected chi connectivity index (χ0v) is 12.4. The second-order valence-corrected chi connectivity index (χ2v) is 5.41. The molecule has 1 heterocycles. The van der Waals surface area contributed by atoms with Gasteiger partial charge in [-0.1, -0.05) is 41.6 Å². The highest BCUT2D eigenvalue weighted by Crippen LogP contribution is 2.14. The van der Waals surface area contributed by atoms with Crippen LogP contribution in [0.2, 0.25) is 0 Å². The van der Waals surface area contributed by atoms with Crippen molar-refractivity contribution in [2.75, 3.05) is 11.1 Å². The van der Waals surface area contributed by atoms with Gasteiger partial charge in [0.05, 0.1) is 18.2 Å². The first-order valence-corrected chi connectivity index (χ1v) is 7.35. The minimum atomic E-state index is -0.132. The highest BCUT2D eigenvalue weighted by molar-refractivity contribution is 7.99. The lowest BCUT2D eigenvalue weighted by Crippen LogP contribution is -2.15. The zero-order chi connectivity index (χ0) is 15.1. The molecule has 0 bridgehead atoms. The molecule has 0 saturated heterocycles. The van der Waals surface area contributed by atoms with Crippen molar-refractivity contribution in [2.45, 2.75) is 18.4 Å². The number of nitriles is 1. The largest absolute Gasteiger partial charge is 0.309 e. The minimum absolute atomic E-state index is 0.132. The average Bonchev–Trinajstić information content (AvgIpc) is 2.46. The van der Waals surface area contributed by atoms with E-state index in [1.54, 1.807) is 12.1 Å². The van der Waals surface area contributed by atoms with Crippen LogP contribution in [0.3, 0.4) is 0 Å². The van der Waals surface area contributed by atoms with Crippen molar-refractivity contribution in [3.63, 3.8) is 0 Å². The number of anilines is 1. The molecule has 2 aromatic rings. The van der Waals surface area contributed by atoms with E-state index in [0.29, 0.717) is 23.0 Å². The van der Waals surface area contributed by atoms with E-state index >= 15 is 0 Å². The number of aryl methyl sites for hydroxylation is 1. The third-order valence-electron chi connectivity index (χ3n) is 2.64. The van der Waals surface area contributed by atoms with Gasteiger partial charge in [0.1, 0.15) is 5.03 Å². The Hall–Kier alpha value is -2.39. The number of benzene rings is 1. The number of thioether (sulfide) groups is 1. The first-order valence-electron chi connectivity index (χ1n) is 6.36. The Morgan fingerprint density at radius 3 is 2.86 bits per heavy atom. The first-order chi connectivity index (χ1) is 10.2. The SMILES string of the molecule is Cc1cccc(CC(=O)Nc2ccc(SCC#N)nn2)c1. The molecule has 0 aliphatic rings. The van der Waals surface area contributed by atoms with Crippen molar-refractivity contribution in [1.29, 1.82) is 5.26 Å². The van der Waals surface area contributed by atoms with Gasteiger partial charge in [0, 0.05) is 0 Å². The molecular formula is C15H14N4OS. The zero-order valence-electron chi connectivity index (χ0n) is 11.5. The van der Waals surface area contributed by atoms with E-state index in [1.807, 2.05) is 37.3 Å². The molecule has 106 valence electrons. The Morgan fingerprint density at radius 1 is 1.33 bits per heavy atom. The average molecular weight is 298 g/mol. The van der Waals surface area contributed by atoms with Crippen molar-refractivity contribution in [3.05, 3.63) is 47.5 Å². The van der Waals surface area contributed by atoms with Gasteiger partial charge in [-0.2, -0.15) is 5.26 Å². The smallest absolute Gasteiger partial charge is 0.229 e. The van der Waals surface area contributed by atoms with Gasteiger partial charge in [0.15, 0.2) is 5.82 Å². The van der Waals surface area contributed by atoms with Gasteiger partial charge in [-0.25, -0.2) is 0 Å². The summed E-state index contributed by atoms with van der Waals surface area (Å²) in [4.78, 5) is 11.9. The van der Waals surface area contributed by atoms with Crippen LogP contribution in [-0.4, -0.2) is 21.9 Å². The van der Waals surface area contributed by atoms with Crippen LogP contribution in [0, 0.1) is 18.3 Å². The number of hydrogen-bond donors (Lipinski definition) is 1. The summed E-state index contributed by atoms with van der Waals surface area (Å²) in [7, 11) is 0. The molecule has 1 aromatic carbocycles. The van der Waals surface area contributed by atoms with Gasteiger partial charge in [-0.3, -0.25) is 4.79 Å². The molecule has 1 aromatic heterocycles. The Kier molecular flexibility index (Phi) is 5.29. The van der Waals surface area contributed by atoms with Crippen LogP contribution in [0.15, 0.2) is 41.4 Å². The van der Waals surface area contributed by atoms with E-state index < -0.39 is 0 Å². The number of carbonyl (C=O) groups excluding carboxylic acids is 1. The predicted molar refractivity (Wildman–Crippen MR) is 81.9 cm³/mol. The summed E-state index contributed by atoms with van der Waals surface area (Å²) in [6, 6.07) is 13.3. The summed E-state index contributed by atoms with van der Waals surface area (Å²) >= 11 is 1.30. The van der Waals surface area contributed by atoms with Crippen molar-refractivity contribution in [2.24, 2.45) is 0 Å². The van der Waals surface area contributed by atoms with Crippen LogP contribution < -0.4 is 5.32 Å². The summed E-state index contributed by atoms with van der Waals surface area (Å²) in [5.41, 5.74) is 2.08. The van der Waals surface area contributed by atoms with Crippen molar-refractivity contribution in [1.82, 2.24) is 10.2 Å². The molecule has 0 fully saturated rings. The van der Waals surface area contributed by atoms with Crippen molar-refractivity contribution in [3.8, 4) is 6.07 Å². The Bertz CT molecular complexity index is 664. The highest BCUT2D eigenvalue weighted by atomic mass is 32.2. The summed E-state index contributed by atoms with van der Waals surface area (Å²) in [6.07, 6.45) is 0.300. The number of hydrogen-bond acceptors (Lipinski definition) is 5. The molecule has 0 radical (unpaired) electrons. The first kappa shape index (κ1) is 15.0. The molecule has 1 amide bonds. The van der Waals surface area contributed by atoms with E-state index in [2.05, 4.69) is 15.5 Å². The quantitative estimate of drug-likeness (QED) is 0.858. The van der Waals surface area contributed by atoms with Gasteiger partial charge < -0.3 is 5.32 Å². The van der Waals surface area contributed by atoms with Crippen molar-refractivity contribution < 1.29 is 4.79 Å². The number of carbonyl (C=O) groups is 1. The molecule has 0 unspecified atom stereocenters. The normalized spacial score (nSPS) is 9.90. The van der Waals surface area contributed by atoms with E-state index in [1.165, 1.54) is 11.8 Å². The van der Waals surface area contributed by atoms with Crippen LogP contribution in [0.1, 0.15) is 11.1 Å². The van der Waals surface area contributed by atoms with E-state index in [0.717, 1.165) is 11.1 Å². The van der Waals surface area contributed by atoms with Crippen LogP contribution in [0.5, 0.6) is 0 Å². The number of nitrogens with zero attached hydrogens (tertiary/aromatic N) is 3. The second kappa shape index (κ2) is 7.41. The van der Waals surface area contributed by atoms with Gasteiger partial charge in [-0.15, -0.1) is 10.2 Å². The van der Waals surface area contributed by atoms with E-state index in [9.17, 15) is 4.79 Å². The fraction of sp³-hybridized carbons (Fsp3) is 0.200. The molecule has 6 heteroatoms. The Labute approximate surface area is 127 Å². The lowest BCUT2D eigenvalue weighted by molar-refractivity contribution is -0.115. The number of aromatic nitrogens is 2. The number of amides is 1. The molecule has 0 atom stereocenters. The number of rotatable bonds is 5. The van der Waals surface area contributed by atoms with Crippen LogP contribution in [-0.2, 0) is 11.2 Å². The van der Waals surface area contributed by atoms with Crippen molar-refractivity contribution >= 4 is 23.5 Å². The summed E-state index contributed by atoms with van der Waals surface area (Å²) in [5, 5.41) is 19.7. The topological polar surface area (TPSA) is 78.7 Å². The maximum Gasteiger partial charge on any atom is 0.229 e. The van der Waals surface area contributed by atoms with Crippen LogP contribution in [0.4, 0.5) is 5.82 Å². The van der Waals surface area contributed by atoms with Gasteiger partial charge in [0.2, 0.25) is 5.91 Å². The maximum atomic E-state index is 11.9. The molecule has 2 rings (SSSR count). The lowest BCUT2D eigenvalue weighted by Gasteiger charge is -2.05. The molecule has 0 saturated carbocycles. The molecule has 1 N–H and O–H groups in total. The molecule has 0 spiro atoms. The fourth-order valence-electron chi connectivity index (χ4n) is 1.76. The standard InChI is InChI=1S/C15H14N4OS/c1-11-3-2-4-12(9-11)10-14(20)17-13-5-6-15(19-18-13)21-8-7-16/h2-6,9H,8,10H2,1H3,(H,17,18,20). The lowest BCUT2D eigenvalue weighted by atomic mass is 10.1. The maximum absolute atomic E-state index is 11.9. The predicted octanol–water partition coefficient (Wildman–Crippen LogP) is 2.58. The minimum Gasteiger partial charge on any atom is -0.309 e. The molecule has 0 aliphatic carbocycles. The Balaban J connectivity index is 1.92. The summed E-state index contributed by atoms with van der Waals surface area (Å²) in [6.45, 7) is 1.99. The third kappa shape index (κ3) is 4.89. The highest BCUT2D eigenvalue weighted by Gasteiger charge is 2.06. The van der Waals surface area contributed by atoms with Gasteiger partial charge in [-0.05, 0) is 24.6 Å². The van der Waals surface area contributed by atoms with E-state index in [4.69, 9.17) is 5.26 Å². The summed E-state index contributed by atoms with van der Waals surface area (Å²) in [5.74, 6) is 0.606. The fourth-order valence-corrected chi connectivity index (χ4v) is 2.24. The number of nitrogens with one attached hydrogen (secondary N) is 1. The van der Waals surface area contributed by atoms with Gasteiger partial charge >= 0.3 is 0 Å².